The Bertz CT molecular complexity index is 1340. The Morgan fingerprint density at radius 2 is 1.67 bits per heavy atom. The van der Waals surface area contributed by atoms with Crippen LogP contribution >= 0.6 is 0 Å². The first-order valence-corrected chi connectivity index (χ1v) is 10.6. The fourth-order valence-corrected chi connectivity index (χ4v) is 3.11. The SMILES string of the molecule is Cc1ccc(OC(=O)c2ccc(N=C(N)N)cc2)cc1C1=NOC(CC(=O)O)(C(=O)O)C1.O=C(O)C(F)(F)F. The second-order valence-electron chi connectivity index (χ2n) is 7.93. The lowest BCUT2D eigenvalue weighted by molar-refractivity contribution is -0.192. The van der Waals surface area contributed by atoms with Crippen LogP contribution in [0.3, 0.4) is 0 Å². The van der Waals surface area contributed by atoms with E-state index in [-0.39, 0.29) is 29.4 Å². The third kappa shape index (κ3) is 8.17. The number of nitrogens with two attached hydrogens (primary N) is 2. The van der Waals surface area contributed by atoms with E-state index >= 15 is 0 Å². The molecule has 1 aliphatic rings. The van der Waals surface area contributed by atoms with Crippen molar-refractivity contribution in [3.8, 4) is 5.75 Å². The second-order valence-corrected chi connectivity index (χ2v) is 7.93. The number of esters is 1. The molecule has 0 amide bonds. The van der Waals surface area contributed by atoms with E-state index in [4.69, 9.17) is 36.0 Å². The van der Waals surface area contributed by atoms with Gasteiger partial charge in [-0.1, -0.05) is 11.2 Å². The van der Waals surface area contributed by atoms with Crippen molar-refractivity contribution in [3.05, 3.63) is 59.2 Å². The van der Waals surface area contributed by atoms with Gasteiger partial charge in [0.1, 0.15) is 5.75 Å². The minimum atomic E-state index is -5.08. The van der Waals surface area contributed by atoms with Gasteiger partial charge < -0.3 is 36.4 Å². The lowest BCUT2D eigenvalue weighted by atomic mass is 9.90. The maximum atomic E-state index is 12.5. The molecule has 3 rings (SSSR count). The highest BCUT2D eigenvalue weighted by Crippen LogP contribution is 2.32. The Morgan fingerprint density at radius 3 is 2.15 bits per heavy atom. The fraction of sp³-hybridized carbons (Fsp3) is 0.217. The highest BCUT2D eigenvalue weighted by molar-refractivity contribution is 6.06. The number of aryl methyl sites for hydroxylation is 1. The van der Waals surface area contributed by atoms with E-state index in [0.29, 0.717) is 16.8 Å². The molecular formula is C23H21F3N4O9. The Kier molecular flexibility index (Phi) is 9.20. The van der Waals surface area contributed by atoms with Crippen LogP contribution in [0.2, 0.25) is 0 Å². The van der Waals surface area contributed by atoms with E-state index in [1.807, 2.05) is 0 Å². The Morgan fingerprint density at radius 1 is 1.08 bits per heavy atom. The summed E-state index contributed by atoms with van der Waals surface area (Å²) >= 11 is 0. The molecule has 13 nitrogen and oxygen atoms in total. The van der Waals surface area contributed by atoms with E-state index in [2.05, 4.69) is 10.1 Å². The van der Waals surface area contributed by atoms with E-state index in [9.17, 15) is 32.7 Å². The second kappa shape index (κ2) is 11.9. The number of carboxylic acid groups (broad SMARTS) is 3. The predicted octanol–water partition coefficient (Wildman–Crippen LogP) is 2.17. The van der Waals surface area contributed by atoms with Crippen LogP contribution in [0.4, 0.5) is 18.9 Å². The third-order valence-corrected chi connectivity index (χ3v) is 4.94. The number of guanidine groups is 1. The summed E-state index contributed by atoms with van der Waals surface area (Å²) in [6.07, 6.45) is -6.09. The lowest BCUT2D eigenvalue weighted by Gasteiger charge is -2.19. The van der Waals surface area contributed by atoms with Gasteiger partial charge in [0.05, 0.1) is 23.4 Å². The summed E-state index contributed by atoms with van der Waals surface area (Å²) in [6, 6.07) is 10.9. The van der Waals surface area contributed by atoms with E-state index in [0.717, 1.165) is 0 Å². The maximum Gasteiger partial charge on any atom is 0.490 e. The average molecular weight is 554 g/mol. The molecule has 208 valence electrons. The van der Waals surface area contributed by atoms with Crippen LogP contribution in [0.15, 0.2) is 52.6 Å². The van der Waals surface area contributed by atoms with Crippen molar-refractivity contribution in [2.45, 2.75) is 31.5 Å². The van der Waals surface area contributed by atoms with E-state index in [1.165, 1.54) is 18.2 Å². The number of carboxylic acids is 3. The van der Waals surface area contributed by atoms with Crippen LogP contribution < -0.4 is 16.2 Å². The van der Waals surface area contributed by atoms with Gasteiger partial charge in [-0.25, -0.2) is 19.4 Å². The number of carbonyl (C=O) groups is 4. The molecule has 0 aromatic heterocycles. The molecule has 0 radical (unpaired) electrons. The number of aliphatic carboxylic acids is 3. The summed E-state index contributed by atoms with van der Waals surface area (Å²) in [5.74, 6) is -6.06. The molecule has 0 saturated heterocycles. The molecule has 0 aliphatic carbocycles. The van der Waals surface area contributed by atoms with Gasteiger partial charge in [0, 0.05) is 12.0 Å². The third-order valence-electron chi connectivity index (χ3n) is 4.94. The summed E-state index contributed by atoms with van der Waals surface area (Å²) in [5.41, 5.74) is 10.8. The molecule has 0 spiro atoms. The minimum Gasteiger partial charge on any atom is -0.481 e. The van der Waals surface area contributed by atoms with Crippen molar-refractivity contribution in [2.24, 2.45) is 21.6 Å². The van der Waals surface area contributed by atoms with E-state index < -0.39 is 42.1 Å². The molecule has 1 heterocycles. The lowest BCUT2D eigenvalue weighted by Crippen LogP contribution is -2.41. The standard InChI is InChI=1S/C21H20N4O7.C2HF3O2/c1-11-2-7-14(31-18(28)12-3-5-13(6-4-12)24-20(22)23)8-15(11)16-9-21(19(29)30,32-25-16)10-17(26)27;3-2(4,5)1(6)7/h2-8H,9-10H2,1H3,(H,26,27)(H,29,30)(H4,22,23,24);(H,6,7). The monoisotopic (exact) mass is 554 g/mol. The number of nitrogens with zero attached hydrogens (tertiary/aromatic N) is 2. The number of aliphatic imine (C=N–C) groups is 1. The van der Waals surface area contributed by atoms with Crippen LogP contribution in [0.1, 0.15) is 34.3 Å². The van der Waals surface area contributed by atoms with Crippen LogP contribution in [0, 0.1) is 6.92 Å². The summed E-state index contributed by atoms with van der Waals surface area (Å²) in [7, 11) is 0. The van der Waals surface area contributed by atoms with Crippen molar-refractivity contribution in [2.75, 3.05) is 0 Å². The number of hydrogen-bond donors (Lipinski definition) is 5. The first-order chi connectivity index (χ1) is 18.0. The van der Waals surface area contributed by atoms with Crippen LogP contribution in [0.5, 0.6) is 5.75 Å². The van der Waals surface area contributed by atoms with Crippen molar-refractivity contribution >= 4 is 41.2 Å². The summed E-state index contributed by atoms with van der Waals surface area (Å²) in [5, 5.41) is 29.4. The largest absolute Gasteiger partial charge is 0.490 e. The molecule has 39 heavy (non-hydrogen) atoms. The van der Waals surface area contributed by atoms with Gasteiger partial charge in [-0.05, 0) is 48.9 Å². The highest BCUT2D eigenvalue weighted by Gasteiger charge is 2.49. The zero-order valence-corrected chi connectivity index (χ0v) is 19.9. The molecule has 16 heteroatoms. The molecule has 2 aromatic rings. The number of alkyl halides is 3. The topological polar surface area (TPSA) is 224 Å². The fourth-order valence-electron chi connectivity index (χ4n) is 3.11. The van der Waals surface area contributed by atoms with Gasteiger partial charge in [0.2, 0.25) is 5.60 Å². The number of benzene rings is 2. The Balaban J connectivity index is 0.000000673. The van der Waals surface area contributed by atoms with Crippen LogP contribution in [-0.4, -0.2) is 62.6 Å². The maximum absolute atomic E-state index is 12.5. The molecule has 0 fully saturated rings. The number of halogens is 3. The molecule has 7 N–H and O–H groups in total. The van der Waals surface area contributed by atoms with Crippen molar-refractivity contribution in [1.82, 2.24) is 0 Å². The van der Waals surface area contributed by atoms with Gasteiger partial charge in [0.15, 0.2) is 5.96 Å². The molecule has 1 aliphatic heterocycles. The van der Waals surface area contributed by atoms with Gasteiger partial charge in [-0.2, -0.15) is 13.2 Å². The molecular weight excluding hydrogens is 533 g/mol. The van der Waals surface area contributed by atoms with Crippen molar-refractivity contribution < 1.29 is 57.2 Å². The van der Waals surface area contributed by atoms with Gasteiger partial charge >= 0.3 is 30.1 Å². The number of carbonyl (C=O) groups excluding carboxylic acids is 1. The first-order valence-electron chi connectivity index (χ1n) is 10.6. The van der Waals surface area contributed by atoms with Crippen LogP contribution in [0.25, 0.3) is 0 Å². The zero-order chi connectivity index (χ0) is 29.5. The minimum absolute atomic E-state index is 0.110. The number of oxime groups is 1. The van der Waals surface area contributed by atoms with Crippen molar-refractivity contribution in [3.63, 3.8) is 0 Å². The van der Waals surface area contributed by atoms with E-state index in [1.54, 1.807) is 31.2 Å². The molecule has 2 aromatic carbocycles. The number of ether oxygens (including phenoxy) is 1. The Hall–Kier alpha value is -5.15. The van der Waals surface area contributed by atoms with Gasteiger partial charge in [0.25, 0.3) is 0 Å². The summed E-state index contributed by atoms with van der Waals surface area (Å²) in [6.45, 7) is 1.75. The van der Waals surface area contributed by atoms with Crippen molar-refractivity contribution in [1.29, 1.82) is 0 Å². The number of hydrogen-bond acceptors (Lipinski definition) is 8. The molecule has 0 saturated carbocycles. The van der Waals surface area contributed by atoms with Crippen LogP contribution in [-0.2, 0) is 19.2 Å². The van der Waals surface area contributed by atoms with Gasteiger partial charge in [-0.15, -0.1) is 0 Å². The number of rotatable bonds is 7. The molecule has 1 atom stereocenters. The Labute approximate surface area is 217 Å². The normalized spacial score (nSPS) is 16.1. The van der Waals surface area contributed by atoms with Gasteiger partial charge in [-0.3, -0.25) is 4.79 Å². The quantitative estimate of drug-likeness (QED) is 0.144. The highest BCUT2D eigenvalue weighted by atomic mass is 19.4. The predicted molar refractivity (Wildman–Crippen MR) is 127 cm³/mol. The first kappa shape index (κ1) is 30.1. The average Bonchev–Trinajstić information content (AvgIpc) is 3.24. The summed E-state index contributed by atoms with van der Waals surface area (Å²) < 4.78 is 37.1. The summed E-state index contributed by atoms with van der Waals surface area (Å²) in [4.78, 5) is 53.0. The zero-order valence-electron chi connectivity index (χ0n) is 19.9. The molecule has 0 bridgehead atoms. The smallest absolute Gasteiger partial charge is 0.481 e. The molecule has 1 unspecified atom stereocenters.